The van der Waals surface area contributed by atoms with Gasteiger partial charge in [0, 0.05) is 17.8 Å². The topological polar surface area (TPSA) is 58.2 Å². The Bertz CT molecular complexity index is 828. The monoisotopic (exact) mass is 364 g/mol. The fourth-order valence-electron chi connectivity index (χ4n) is 2.54. The predicted molar refractivity (Wildman–Crippen MR) is 89.9 cm³/mol. The van der Waals surface area contributed by atoms with E-state index in [-0.39, 0.29) is 29.2 Å². The SMILES string of the molecule is O=C(NCc1ccccc1F)C1CC1C(=O)Nc1ccc(F)c(Cl)c1. The van der Waals surface area contributed by atoms with Crippen LogP contribution in [0.15, 0.2) is 42.5 Å². The van der Waals surface area contributed by atoms with Crippen LogP contribution < -0.4 is 10.6 Å². The number of carbonyl (C=O) groups is 2. The van der Waals surface area contributed by atoms with E-state index in [1.807, 2.05) is 0 Å². The first-order valence-corrected chi connectivity index (χ1v) is 8.10. The molecule has 4 nitrogen and oxygen atoms in total. The van der Waals surface area contributed by atoms with E-state index in [1.54, 1.807) is 18.2 Å². The first kappa shape index (κ1) is 17.4. The van der Waals surface area contributed by atoms with Crippen molar-refractivity contribution in [2.45, 2.75) is 13.0 Å². The maximum Gasteiger partial charge on any atom is 0.228 e. The molecule has 1 saturated carbocycles. The number of rotatable bonds is 5. The van der Waals surface area contributed by atoms with Crippen molar-refractivity contribution in [2.75, 3.05) is 5.32 Å². The highest BCUT2D eigenvalue weighted by molar-refractivity contribution is 6.31. The second-order valence-electron chi connectivity index (χ2n) is 5.88. The molecule has 0 radical (unpaired) electrons. The maximum absolute atomic E-state index is 13.5. The molecular formula is C18H15ClF2N2O2. The summed E-state index contributed by atoms with van der Waals surface area (Å²) < 4.78 is 26.6. The van der Waals surface area contributed by atoms with Crippen molar-refractivity contribution < 1.29 is 18.4 Å². The van der Waals surface area contributed by atoms with Crippen LogP contribution in [0.2, 0.25) is 5.02 Å². The van der Waals surface area contributed by atoms with E-state index in [9.17, 15) is 18.4 Å². The van der Waals surface area contributed by atoms with Crippen molar-refractivity contribution >= 4 is 29.1 Å². The van der Waals surface area contributed by atoms with Crippen molar-refractivity contribution in [1.29, 1.82) is 0 Å². The molecule has 1 fully saturated rings. The number of amides is 2. The summed E-state index contributed by atoms with van der Waals surface area (Å²) in [5.41, 5.74) is 0.757. The summed E-state index contributed by atoms with van der Waals surface area (Å²) in [6, 6.07) is 10.0. The molecule has 130 valence electrons. The van der Waals surface area contributed by atoms with Crippen LogP contribution in [0.4, 0.5) is 14.5 Å². The fraction of sp³-hybridized carbons (Fsp3) is 0.222. The number of hydrogen-bond acceptors (Lipinski definition) is 2. The molecule has 2 atom stereocenters. The highest BCUT2D eigenvalue weighted by atomic mass is 35.5. The molecule has 2 aromatic carbocycles. The Morgan fingerprint density at radius 2 is 1.76 bits per heavy atom. The average Bonchev–Trinajstić information content (AvgIpc) is 3.38. The minimum absolute atomic E-state index is 0.0733. The molecule has 0 saturated heterocycles. The molecule has 1 aliphatic rings. The van der Waals surface area contributed by atoms with Gasteiger partial charge < -0.3 is 10.6 Å². The third-order valence-electron chi connectivity index (χ3n) is 4.06. The highest BCUT2D eigenvalue weighted by Gasteiger charge is 2.47. The molecule has 0 aromatic heterocycles. The number of halogens is 3. The van der Waals surface area contributed by atoms with Crippen LogP contribution in [0.3, 0.4) is 0 Å². The molecule has 3 rings (SSSR count). The highest BCUT2D eigenvalue weighted by Crippen LogP contribution is 2.39. The smallest absolute Gasteiger partial charge is 0.228 e. The molecule has 0 aliphatic heterocycles. The third-order valence-corrected chi connectivity index (χ3v) is 4.35. The summed E-state index contributed by atoms with van der Waals surface area (Å²) in [6.07, 6.45) is 0.421. The van der Waals surface area contributed by atoms with Crippen molar-refractivity contribution in [3.63, 3.8) is 0 Å². The van der Waals surface area contributed by atoms with E-state index in [4.69, 9.17) is 11.6 Å². The van der Waals surface area contributed by atoms with Gasteiger partial charge in [0.25, 0.3) is 0 Å². The zero-order valence-corrected chi connectivity index (χ0v) is 13.8. The molecule has 2 amide bonds. The quantitative estimate of drug-likeness (QED) is 0.853. The van der Waals surface area contributed by atoms with Gasteiger partial charge in [0.05, 0.1) is 16.9 Å². The van der Waals surface area contributed by atoms with Crippen molar-refractivity contribution in [3.05, 3.63) is 64.7 Å². The fourth-order valence-corrected chi connectivity index (χ4v) is 2.72. The van der Waals surface area contributed by atoms with Crippen LogP contribution >= 0.6 is 11.6 Å². The molecule has 0 spiro atoms. The van der Waals surface area contributed by atoms with Gasteiger partial charge >= 0.3 is 0 Å². The van der Waals surface area contributed by atoms with Gasteiger partial charge in [-0.15, -0.1) is 0 Å². The second-order valence-corrected chi connectivity index (χ2v) is 6.28. The molecule has 0 bridgehead atoms. The standard InChI is InChI=1S/C18H15ClF2N2O2/c19-14-7-11(5-6-16(14)21)23-18(25)13-8-12(13)17(24)22-9-10-3-1-2-4-15(10)20/h1-7,12-13H,8-9H2,(H,22,24)(H,23,25). The van der Waals surface area contributed by atoms with Crippen LogP contribution in [-0.2, 0) is 16.1 Å². The van der Waals surface area contributed by atoms with Crippen molar-refractivity contribution in [1.82, 2.24) is 5.32 Å². The molecule has 2 unspecified atom stereocenters. The summed E-state index contributed by atoms with van der Waals surface area (Å²) in [7, 11) is 0. The van der Waals surface area contributed by atoms with Crippen molar-refractivity contribution in [3.8, 4) is 0 Å². The number of nitrogens with one attached hydrogen (secondary N) is 2. The predicted octanol–water partition coefficient (Wildman–Crippen LogP) is 3.51. The molecular weight excluding hydrogens is 350 g/mol. The average molecular weight is 365 g/mol. The number of carbonyl (C=O) groups excluding carboxylic acids is 2. The van der Waals surface area contributed by atoms with Crippen LogP contribution in [0.25, 0.3) is 0 Å². The van der Waals surface area contributed by atoms with Gasteiger partial charge in [-0.25, -0.2) is 8.78 Å². The largest absolute Gasteiger partial charge is 0.352 e. The lowest BCUT2D eigenvalue weighted by Gasteiger charge is -2.07. The first-order chi connectivity index (χ1) is 12.0. The third kappa shape index (κ3) is 4.14. The Kier molecular flexibility index (Phi) is 4.99. The Labute approximate surface area is 148 Å². The van der Waals surface area contributed by atoms with E-state index in [0.29, 0.717) is 17.7 Å². The van der Waals surface area contributed by atoms with Crippen LogP contribution in [0.5, 0.6) is 0 Å². The van der Waals surface area contributed by atoms with Gasteiger partial charge in [-0.05, 0) is 30.7 Å². The Morgan fingerprint density at radius 1 is 1.04 bits per heavy atom. The van der Waals surface area contributed by atoms with E-state index in [0.717, 1.165) is 6.07 Å². The zero-order chi connectivity index (χ0) is 18.0. The minimum atomic E-state index is -0.573. The van der Waals surface area contributed by atoms with Gasteiger partial charge in [-0.2, -0.15) is 0 Å². The van der Waals surface area contributed by atoms with Gasteiger partial charge in [0.2, 0.25) is 11.8 Å². The zero-order valence-electron chi connectivity index (χ0n) is 13.1. The Morgan fingerprint density at radius 3 is 2.48 bits per heavy atom. The summed E-state index contributed by atoms with van der Waals surface area (Å²) in [5, 5.41) is 5.16. The van der Waals surface area contributed by atoms with E-state index >= 15 is 0 Å². The summed E-state index contributed by atoms with van der Waals surface area (Å²) in [6.45, 7) is 0.0733. The molecule has 1 aliphatic carbocycles. The Balaban J connectivity index is 1.51. The first-order valence-electron chi connectivity index (χ1n) is 7.72. The van der Waals surface area contributed by atoms with Crippen LogP contribution in [0, 0.1) is 23.5 Å². The van der Waals surface area contributed by atoms with Gasteiger partial charge in [0.1, 0.15) is 11.6 Å². The number of hydrogen-bond donors (Lipinski definition) is 2. The van der Waals surface area contributed by atoms with Crippen molar-refractivity contribution in [2.24, 2.45) is 11.8 Å². The Hall–Kier alpha value is -2.47. The summed E-state index contributed by atoms with van der Waals surface area (Å²) in [4.78, 5) is 24.2. The lowest BCUT2D eigenvalue weighted by Crippen LogP contribution is -2.27. The number of anilines is 1. The van der Waals surface area contributed by atoms with E-state index in [1.165, 1.54) is 18.2 Å². The van der Waals surface area contributed by atoms with Gasteiger partial charge in [-0.1, -0.05) is 29.8 Å². The molecule has 7 heteroatoms. The lowest BCUT2D eigenvalue weighted by atomic mass is 10.2. The molecule has 0 heterocycles. The molecule has 2 aromatic rings. The second kappa shape index (κ2) is 7.19. The van der Waals surface area contributed by atoms with Gasteiger partial charge in [0.15, 0.2) is 0 Å². The van der Waals surface area contributed by atoms with Crippen LogP contribution in [-0.4, -0.2) is 11.8 Å². The summed E-state index contributed by atoms with van der Waals surface area (Å²) in [5.74, 6) is -2.47. The summed E-state index contributed by atoms with van der Waals surface area (Å²) >= 11 is 5.66. The maximum atomic E-state index is 13.5. The van der Waals surface area contributed by atoms with Gasteiger partial charge in [-0.3, -0.25) is 9.59 Å². The molecule has 2 N–H and O–H groups in total. The van der Waals surface area contributed by atoms with Crippen LogP contribution in [0.1, 0.15) is 12.0 Å². The molecule has 25 heavy (non-hydrogen) atoms. The van der Waals surface area contributed by atoms with E-state index in [2.05, 4.69) is 10.6 Å². The normalized spacial score (nSPS) is 18.5. The minimum Gasteiger partial charge on any atom is -0.352 e. The lowest BCUT2D eigenvalue weighted by molar-refractivity contribution is -0.125. The van der Waals surface area contributed by atoms with E-state index < -0.39 is 17.7 Å². The number of benzene rings is 2.